The van der Waals surface area contributed by atoms with Crippen molar-refractivity contribution in [3.63, 3.8) is 0 Å². The van der Waals surface area contributed by atoms with E-state index in [0.717, 1.165) is 98.5 Å². The topological polar surface area (TPSA) is 82.5 Å². The van der Waals surface area contributed by atoms with Crippen molar-refractivity contribution in [3.8, 4) is 62.5 Å². The molecule has 0 N–H and O–H groups in total. The SMILES string of the molecule is c1ccc(-c2nc(-c3ccc4oc5c(-c6nc(-c7ccccc7)c7sc8ccccc8c7n6)cccc5c4c3)nc(-c3ccc4c(c3)c3ccccc3n4-c3ccccc3)n2)cc1. The van der Waals surface area contributed by atoms with Gasteiger partial charge in [0.1, 0.15) is 11.2 Å². The number of nitrogens with zero attached hydrogens (tertiary/aromatic N) is 6. The van der Waals surface area contributed by atoms with Gasteiger partial charge in [-0.1, -0.05) is 127 Å². The summed E-state index contributed by atoms with van der Waals surface area (Å²) >= 11 is 1.73. The third kappa shape index (κ3) is 5.76. The molecule has 0 bridgehead atoms. The van der Waals surface area contributed by atoms with E-state index in [1.165, 1.54) is 4.70 Å². The van der Waals surface area contributed by atoms with Gasteiger partial charge < -0.3 is 8.98 Å². The molecule has 0 unspecified atom stereocenters. The summed E-state index contributed by atoms with van der Waals surface area (Å²) in [5, 5.41) is 5.32. The van der Waals surface area contributed by atoms with Crippen molar-refractivity contribution in [2.24, 2.45) is 0 Å². The highest BCUT2D eigenvalue weighted by atomic mass is 32.1. The van der Waals surface area contributed by atoms with Crippen LogP contribution in [0.2, 0.25) is 0 Å². The molecule has 63 heavy (non-hydrogen) atoms. The molecule has 0 saturated heterocycles. The van der Waals surface area contributed by atoms with Gasteiger partial charge in [0, 0.05) is 59.6 Å². The zero-order valence-electron chi connectivity index (χ0n) is 33.5. The van der Waals surface area contributed by atoms with Gasteiger partial charge >= 0.3 is 0 Å². The Labute approximate surface area is 364 Å². The van der Waals surface area contributed by atoms with Gasteiger partial charge in [-0.3, -0.25) is 0 Å². The average molecular weight is 825 g/mol. The Morgan fingerprint density at radius 2 is 1.00 bits per heavy atom. The minimum Gasteiger partial charge on any atom is -0.455 e. The highest BCUT2D eigenvalue weighted by Gasteiger charge is 2.21. The van der Waals surface area contributed by atoms with Gasteiger partial charge in [-0.25, -0.2) is 24.9 Å². The van der Waals surface area contributed by atoms with E-state index in [0.29, 0.717) is 23.3 Å². The molecule has 8 aromatic carbocycles. The van der Waals surface area contributed by atoms with E-state index in [-0.39, 0.29) is 0 Å². The van der Waals surface area contributed by atoms with Crippen LogP contribution in [0, 0.1) is 0 Å². The molecule has 0 atom stereocenters. The fraction of sp³-hybridized carbons (Fsp3) is 0. The Hall–Kier alpha value is -8.33. The number of para-hydroxylation sites is 3. The molecule has 0 fully saturated rings. The molecule has 0 radical (unpaired) electrons. The van der Waals surface area contributed by atoms with E-state index in [1.807, 2.05) is 54.6 Å². The third-order valence-corrected chi connectivity index (χ3v) is 13.0. The molecular formula is C55H32N6OS. The van der Waals surface area contributed by atoms with Crippen LogP contribution in [0.5, 0.6) is 0 Å². The van der Waals surface area contributed by atoms with E-state index in [2.05, 4.69) is 144 Å². The summed E-state index contributed by atoms with van der Waals surface area (Å²) < 4.78 is 11.3. The number of furan rings is 1. The minimum atomic E-state index is 0.573. The number of hydrogen-bond donors (Lipinski definition) is 0. The van der Waals surface area contributed by atoms with Gasteiger partial charge in [0.05, 0.1) is 32.5 Å². The molecule has 8 heteroatoms. The normalized spacial score (nSPS) is 11.8. The second-order valence-corrected chi connectivity index (χ2v) is 16.7. The first-order valence-electron chi connectivity index (χ1n) is 20.8. The van der Waals surface area contributed by atoms with Crippen molar-refractivity contribution in [1.82, 2.24) is 29.5 Å². The highest BCUT2D eigenvalue weighted by molar-refractivity contribution is 7.26. The van der Waals surface area contributed by atoms with Crippen molar-refractivity contribution in [2.75, 3.05) is 0 Å². The van der Waals surface area contributed by atoms with Crippen LogP contribution in [-0.2, 0) is 0 Å². The van der Waals surface area contributed by atoms with Crippen LogP contribution in [0.4, 0.5) is 0 Å². The van der Waals surface area contributed by atoms with Crippen molar-refractivity contribution < 1.29 is 4.42 Å². The largest absolute Gasteiger partial charge is 0.455 e. The van der Waals surface area contributed by atoms with Gasteiger partial charge in [0.25, 0.3) is 0 Å². The molecule has 0 amide bonds. The summed E-state index contributed by atoms with van der Waals surface area (Å²) in [7, 11) is 0. The van der Waals surface area contributed by atoms with Gasteiger partial charge in [-0.05, 0) is 66.7 Å². The monoisotopic (exact) mass is 824 g/mol. The van der Waals surface area contributed by atoms with Crippen molar-refractivity contribution in [1.29, 1.82) is 0 Å². The number of rotatable bonds is 6. The first-order chi connectivity index (χ1) is 31.2. The average Bonchev–Trinajstić information content (AvgIpc) is 4.03. The Balaban J connectivity index is 0.972. The number of benzene rings is 8. The maximum absolute atomic E-state index is 6.72. The van der Waals surface area contributed by atoms with E-state index in [4.69, 9.17) is 29.3 Å². The number of thiophene rings is 1. The highest BCUT2D eigenvalue weighted by Crippen LogP contribution is 2.42. The molecule has 0 aliphatic heterocycles. The molecule has 13 rings (SSSR count). The van der Waals surface area contributed by atoms with Crippen LogP contribution in [0.25, 0.3) is 127 Å². The molecule has 0 spiro atoms. The zero-order chi connectivity index (χ0) is 41.4. The summed E-state index contributed by atoms with van der Waals surface area (Å²) in [5.74, 6) is 2.39. The first kappa shape index (κ1) is 35.4. The fourth-order valence-electron chi connectivity index (χ4n) is 8.93. The van der Waals surface area contributed by atoms with Crippen LogP contribution in [0.3, 0.4) is 0 Å². The molecule has 0 aliphatic carbocycles. The van der Waals surface area contributed by atoms with Crippen LogP contribution in [-0.4, -0.2) is 29.5 Å². The predicted molar refractivity (Wildman–Crippen MR) is 257 cm³/mol. The summed E-state index contributed by atoms with van der Waals surface area (Å²) in [6.07, 6.45) is 0. The van der Waals surface area contributed by atoms with Crippen LogP contribution < -0.4 is 0 Å². The lowest BCUT2D eigenvalue weighted by Crippen LogP contribution is -2.00. The Morgan fingerprint density at radius 3 is 1.78 bits per heavy atom. The smallest absolute Gasteiger partial charge is 0.164 e. The lowest BCUT2D eigenvalue weighted by molar-refractivity contribution is 0.669. The van der Waals surface area contributed by atoms with E-state index < -0.39 is 0 Å². The van der Waals surface area contributed by atoms with Gasteiger partial charge in [-0.2, -0.15) is 0 Å². The number of fused-ring (bicyclic) bond motifs is 9. The molecule has 13 aromatic rings. The van der Waals surface area contributed by atoms with Crippen molar-refractivity contribution in [3.05, 3.63) is 194 Å². The number of aromatic nitrogens is 6. The zero-order valence-corrected chi connectivity index (χ0v) is 34.3. The quantitative estimate of drug-likeness (QED) is 0.166. The van der Waals surface area contributed by atoms with Crippen LogP contribution >= 0.6 is 11.3 Å². The summed E-state index contributed by atoms with van der Waals surface area (Å²) in [6, 6.07) is 66.8. The molecule has 7 nitrogen and oxygen atoms in total. The maximum Gasteiger partial charge on any atom is 0.164 e. The molecule has 0 aliphatic rings. The molecule has 5 aromatic heterocycles. The van der Waals surface area contributed by atoms with Gasteiger partial charge in [0.15, 0.2) is 23.3 Å². The summed E-state index contributed by atoms with van der Waals surface area (Å²) in [6.45, 7) is 0. The van der Waals surface area contributed by atoms with E-state index in [9.17, 15) is 0 Å². The van der Waals surface area contributed by atoms with Crippen molar-refractivity contribution >= 4 is 75.4 Å². The molecule has 0 saturated carbocycles. The predicted octanol–water partition coefficient (Wildman–Crippen LogP) is 14.4. The fourth-order valence-corrected chi connectivity index (χ4v) is 10.1. The lowest BCUT2D eigenvalue weighted by Gasteiger charge is -2.10. The maximum atomic E-state index is 6.72. The van der Waals surface area contributed by atoms with E-state index in [1.54, 1.807) is 11.3 Å². The van der Waals surface area contributed by atoms with Crippen LogP contribution in [0.15, 0.2) is 199 Å². The second-order valence-electron chi connectivity index (χ2n) is 15.6. The van der Waals surface area contributed by atoms with Crippen molar-refractivity contribution in [2.45, 2.75) is 0 Å². The summed E-state index contributed by atoms with van der Waals surface area (Å²) in [5.41, 5.74) is 11.3. The molecular weight excluding hydrogens is 793 g/mol. The first-order valence-corrected chi connectivity index (χ1v) is 21.6. The summed E-state index contributed by atoms with van der Waals surface area (Å²) in [4.78, 5) is 25.9. The molecule has 294 valence electrons. The minimum absolute atomic E-state index is 0.573. The molecule has 5 heterocycles. The Kier molecular flexibility index (Phi) is 7.94. The Morgan fingerprint density at radius 1 is 0.397 bits per heavy atom. The lowest BCUT2D eigenvalue weighted by atomic mass is 10.1. The standard InChI is InChI=1S/C55H32N6OS/c1-4-15-33(16-5-1)48-51-49(40-22-11-13-26-47(40)63-51)57-55(56-48)41-24-14-23-39-43-32-36(28-30-46(43)62-50(39)41)54-59-52(34-17-6-2-7-18-34)58-53(60-54)35-27-29-45-42(31-35)38-21-10-12-25-44(38)61(45)37-19-8-3-9-20-37/h1-32H. The van der Waals surface area contributed by atoms with Gasteiger partial charge in [0.2, 0.25) is 0 Å². The van der Waals surface area contributed by atoms with E-state index >= 15 is 0 Å². The second kappa shape index (κ2) is 14.1. The number of hydrogen-bond acceptors (Lipinski definition) is 7. The van der Waals surface area contributed by atoms with Crippen LogP contribution in [0.1, 0.15) is 0 Å². The third-order valence-electron chi connectivity index (χ3n) is 11.9. The Bertz CT molecular complexity index is 3910. The van der Waals surface area contributed by atoms with Gasteiger partial charge in [-0.15, -0.1) is 11.3 Å².